The van der Waals surface area contributed by atoms with Crippen LogP contribution in [0.1, 0.15) is 21.7 Å². The van der Waals surface area contributed by atoms with Gasteiger partial charge in [-0.05, 0) is 37.6 Å². The first kappa shape index (κ1) is 18.6. The van der Waals surface area contributed by atoms with Crippen LogP contribution < -0.4 is 4.90 Å². The molecule has 152 valence electrons. The van der Waals surface area contributed by atoms with Crippen molar-refractivity contribution in [3.63, 3.8) is 0 Å². The Hall–Kier alpha value is -3.45. The van der Waals surface area contributed by atoms with Crippen LogP contribution in [-0.4, -0.2) is 51.9 Å². The molecule has 1 fully saturated rings. The second-order valence-electron chi connectivity index (χ2n) is 7.56. The van der Waals surface area contributed by atoms with E-state index in [9.17, 15) is 9.90 Å². The predicted octanol–water partition coefficient (Wildman–Crippen LogP) is 3.73. The molecule has 0 radical (unpaired) electrons. The van der Waals surface area contributed by atoms with Gasteiger partial charge < -0.3 is 14.7 Å². The van der Waals surface area contributed by atoms with Gasteiger partial charge in [-0.1, -0.05) is 18.2 Å². The zero-order valence-electron chi connectivity index (χ0n) is 16.9. The average molecular weight is 402 g/mol. The van der Waals surface area contributed by atoms with E-state index in [1.165, 1.54) is 0 Å². The second-order valence-corrected chi connectivity index (χ2v) is 7.56. The van der Waals surface area contributed by atoms with E-state index in [0.29, 0.717) is 18.7 Å². The number of carbonyl (C=O) groups is 1. The number of fused-ring (bicyclic) bond motifs is 2. The fourth-order valence-electron chi connectivity index (χ4n) is 4.25. The van der Waals surface area contributed by atoms with Crippen molar-refractivity contribution < 1.29 is 14.6 Å². The summed E-state index contributed by atoms with van der Waals surface area (Å²) in [5, 5.41) is 10.9. The smallest absolute Gasteiger partial charge is 0.338 e. The lowest BCUT2D eigenvalue weighted by Crippen LogP contribution is -2.36. The molecule has 5 rings (SSSR count). The molecule has 1 N–H and O–H groups in total. The predicted molar refractivity (Wildman–Crippen MR) is 116 cm³/mol. The number of aromatic nitrogens is 3. The van der Waals surface area contributed by atoms with Crippen LogP contribution in [-0.2, 0) is 4.74 Å². The number of hydrogen-bond donors (Lipinski definition) is 1. The Morgan fingerprint density at radius 1 is 1.10 bits per heavy atom. The van der Waals surface area contributed by atoms with E-state index in [-0.39, 0.29) is 5.56 Å². The summed E-state index contributed by atoms with van der Waals surface area (Å²) in [5.74, 6) is -0.240. The second kappa shape index (κ2) is 7.11. The number of hydrogen-bond acceptors (Lipinski definition) is 5. The van der Waals surface area contributed by atoms with Crippen molar-refractivity contribution in [1.29, 1.82) is 0 Å². The minimum atomic E-state index is -0.977. The number of morpholine rings is 1. The maximum absolute atomic E-state index is 12.1. The highest BCUT2D eigenvalue weighted by Gasteiger charge is 2.22. The van der Waals surface area contributed by atoms with Crippen LogP contribution in [0.25, 0.3) is 27.6 Å². The average Bonchev–Trinajstić information content (AvgIpc) is 3.09. The van der Waals surface area contributed by atoms with Gasteiger partial charge in [0.2, 0.25) is 0 Å². The number of imidazole rings is 1. The number of anilines is 1. The number of benzene rings is 2. The summed E-state index contributed by atoms with van der Waals surface area (Å²) >= 11 is 0. The molecule has 7 heteroatoms. The van der Waals surface area contributed by atoms with Crippen LogP contribution in [0.2, 0.25) is 0 Å². The number of ether oxygens (including phenoxy) is 1. The molecule has 0 bridgehead atoms. The number of rotatable bonds is 3. The number of aryl methyl sites for hydroxylation is 2. The first-order valence-corrected chi connectivity index (χ1v) is 9.98. The lowest BCUT2D eigenvalue weighted by Gasteiger charge is -2.29. The van der Waals surface area contributed by atoms with E-state index in [1.807, 2.05) is 48.7 Å². The summed E-state index contributed by atoms with van der Waals surface area (Å²) in [6.07, 6.45) is 1.79. The van der Waals surface area contributed by atoms with Crippen molar-refractivity contribution in [1.82, 2.24) is 14.5 Å². The van der Waals surface area contributed by atoms with Gasteiger partial charge in [0.15, 0.2) is 0 Å². The molecule has 4 aromatic rings. The van der Waals surface area contributed by atoms with Gasteiger partial charge in [0, 0.05) is 30.4 Å². The molecule has 0 saturated carbocycles. The first-order chi connectivity index (χ1) is 14.5. The molecule has 2 aromatic heterocycles. The molecule has 1 aliphatic rings. The van der Waals surface area contributed by atoms with Crippen LogP contribution in [0.5, 0.6) is 0 Å². The number of nitrogens with zero attached hydrogens (tertiary/aromatic N) is 4. The molecule has 0 spiro atoms. The van der Waals surface area contributed by atoms with Gasteiger partial charge in [-0.3, -0.25) is 9.55 Å². The summed E-state index contributed by atoms with van der Waals surface area (Å²) in [7, 11) is 0. The number of pyridine rings is 1. The highest BCUT2D eigenvalue weighted by atomic mass is 16.5. The Bertz CT molecular complexity index is 1290. The zero-order valence-corrected chi connectivity index (χ0v) is 16.9. The molecule has 7 nitrogen and oxygen atoms in total. The van der Waals surface area contributed by atoms with Crippen LogP contribution in [0.15, 0.2) is 42.6 Å². The Labute approximate surface area is 173 Å². The number of aromatic carboxylic acids is 1. The van der Waals surface area contributed by atoms with Gasteiger partial charge in [-0.25, -0.2) is 9.78 Å². The quantitative estimate of drug-likeness (QED) is 0.563. The van der Waals surface area contributed by atoms with E-state index in [4.69, 9.17) is 4.74 Å². The largest absolute Gasteiger partial charge is 0.478 e. The normalized spacial score (nSPS) is 14.5. The van der Waals surface area contributed by atoms with Crippen molar-refractivity contribution in [2.75, 3.05) is 31.2 Å². The van der Waals surface area contributed by atoms with E-state index in [1.54, 1.807) is 12.3 Å². The third-order valence-electron chi connectivity index (χ3n) is 5.71. The number of para-hydroxylation sites is 1. The van der Waals surface area contributed by atoms with Crippen molar-refractivity contribution in [2.24, 2.45) is 0 Å². The molecule has 0 aliphatic carbocycles. The van der Waals surface area contributed by atoms with Crippen LogP contribution in [0, 0.1) is 13.8 Å². The maximum atomic E-state index is 12.1. The molecule has 3 heterocycles. The van der Waals surface area contributed by atoms with Crippen LogP contribution in [0.4, 0.5) is 5.69 Å². The van der Waals surface area contributed by atoms with Gasteiger partial charge in [-0.15, -0.1) is 0 Å². The van der Waals surface area contributed by atoms with Crippen molar-refractivity contribution in [3.05, 3.63) is 59.5 Å². The Kier molecular flexibility index (Phi) is 4.40. The molecule has 0 atom stereocenters. The first-order valence-electron chi connectivity index (χ1n) is 9.98. The standard InChI is InChI=1S/C23H22N4O3/c1-14-4-3-5-17-19(6-7-24-21(14)17)27-15(2)25-22-18(23(28)29)12-16(13-20(22)27)26-8-10-30-11-9-26/h3-7,12-13H,8-11H2,1-2H3,(H,28,29). The fourth-order valence-corrected chi connectivity index (χ4v) is 4.25. The van der Waals surface area contributed by atoms with Gasteiger partial charge in [0.05, 0.1) is 35.5 Å². The number of carboxylic acids is 1. The Morgan fingerprint density at radius 2 is 1.90 bits per heavy atom. The minimum Gasteiger partial charge on any atom is -0.478 e. The minimum absolute atomic E-state index is 0.213. The molecule has 1 aliphatic heterocycles. The monoisotopic (exact) mass is 402 g/mol. The van der Waals surface area contributed by atoms with Crippen molar-refractivity contribution in [3.8, 4) is 5.69 Å². The lowest BCUT2D eigenvalue weighted by atomic mass is 10.1. The van der Waals surface area contributed by atoms with E-state index in [2.05, 4.69) is 14.9 Å². The summed E-state index contributed by atoms with van der Waals surface area (Å²) in [4.78, 5) is 23.4. The molecule has 1 saturated heterocycles. The highest BCUT2D eigenvalue weighted by Crippen LogP contribution is 2.32. The molecule has 0 amide bonds. The van der Waals surface area contributed by atoms with Gasteiger partial charge in [-0.2, -0.15) is 0 Å². The summed E-state index contributed by atoms with van der Waals surface area (Å²) in [6, 6.07) is 11.8. The SMILES string of the molecule is Cc1cccc2c(-n3c(C)nc4c(C(=O)O)cc(N5CCOCC5)cc43)ccnc12. The third-order valence-corrected chi connectivity index (χ3v) is 5.71. The van der Waals surface area contributed by atoms with Gasteiger partial charge in [0.25, 0.3) is 0 Å². The topological polar surface area (TPSA) is 80.5 Å². The van der Waals surface area contributed by atoms with E-state index < -0.39 is 5.97 Å². The Morgan fingerprint density at radius 3 is 2.67 bits per heavy atom. The van der Waals surface area contributed by atoms with Crippen molar-refractivity contribution in [2.45, 2.75) is 13.8 Å². The lowest BCUT2D eigenvalue weighted by molar-refractivity contribution is 0.0699. The molecular formula is C23H22N4O3. The molecule has 0 unspecified atom stereocenters. The maximum Gasteiger partial charge on any atom is 0.338 e. The van der Waals surface area contributed by atoms with Gasteiger partial charge >= 0.3 is 5.97 Å². The summed E-state index contributed by atoms with van der Waals surface area (Å²) in [5.41, 5.74) is 5.33. The highest BCUT2D eigenvalue weighted by molar-refractivity contribution is 6.04. The molecule has 30 heavy (non-hydrogen) atoms. The third kappa shape index (κ3) is 2.90. The van der Waals surface area contributed by atoms with E-state index in [0.717, 1.165) is 52.3 Å². The zero-order chi connectivity index (χ0) is 20.8. The molecular weight excluding hydrogens is 380 g/mol. The summed E-state index contributed by atoms with van der Waals surface area (Å²) in [6.45, 7) is 6.67. The summed E-state index contributed by atoms with van der Waals surface area (Å²) < 4.78 is 7.50. The fraction of sp³-hybridized carbons (Fsp3) is 0.261. The van der Waals surface area contributed by atoms with Crippen LogP contribution in [0.3, 0.4) is 0 Å². The Balaban J connectivity index is 1.81. The van der Waals surface area contributed by atoms with E-state index >= 15 is 0 Å². The van der Waals surface area contributed by atoms with Crippen molar-refractivity contribution >= 4 is 33.6 Å². The van der Waals surface area contributed by atoms with Crippen LogP contribution >= 0.6 is 0 Å². The number of carboxylic acid groups (broad SMARTS) is 1. The van der Waals surface area contributed by atoms with Gasteiger partial charge in [0.1, 0.15) is 11.3 Å². The molecule has 2 aromatic carbocycles.